The molecule has 4 rings (SSSR count). The van der Waals surface area contributed by atoms with Gasteiger partial charge >= 0.3 is 0 Å². The first-order chi connectivity index (χ1) is 11.4. The van der Waals surface area contributed by atoms with Crippen molar-refractivity contribution in [2.45, 2.75) is 25.7 Å². The summed E-state index contributed by atoms with van der Waals surface area (Å²) >= 11 is 0. The first kappa shape index (κ1) is 14.1. The van der Waals surface area contributed by atoms with E-state index in [0.29, 0.717) is 0 Å². The molecule has 0 bridgehead atoms. The summed E-state index contributed by atoms with van der Waals surface area (Å²) in [4.78, 5) is 0. The molecule has 0 N–H and O–H groups in total. The molecule has 2 nitrogen and oxygen atoms in total. The van der Waals surface area contributed by atoms with Gasteiger partial charge in [0.05, 0.1) is 12.8 Å². The highest BCUT2D eigenvalue weighted by Crippen LogP contribution is 2.34. The Labute approximate surface area is 137 Å². The Morgan fingerprint density at radius 2 is 1.61 bits per heavy atom. The monoisotopic (exact) mass is 303 g/mol. The minimum absolute atomic E-state index is 0.899. The molecule has 23 heavy (non-hydrogen) atoms. The number of rotatable bonds is 3. The van der Waals surface area contributed by atoms with E-state index < -0.39 is 0 Å². The fourth-order valence-electron chi connectivity index (χ4n) is 3.55. The molecule has 1 heterocycles. The summed E-state index contributed by atoms with van der Waals surface area (Å²) in [5.41, 5.74) is 6.76. The second-order valence-corrected chi connectivity index (χ2v) is 6.11. The van der Waals surface area contributed by atoms with E-state index in [-0.39, 0.29) is 0 Å². The third kappa shape index (κ3) is 2.55. The van der Waals surface area contributed by atoms with Crippen LogP contribution in [0.15, 0.2) is 60.7 Å². The van der Waals surface area contributed by atoms with Crippen LogP contribution in [0.3, 0.4) is 0 Å². The van der Waals surface area contributed by atoms with Gasteiger partial charge in [0.25, 0.3) is 0 Å². The third-order valence-corrected chi connectivity index (χ3v) is 4.70. The van der Waals surface area contributed by atoms with E-state index in [4.69, 9.17) is 4.74 Å². The summed E-state index contributed by atoms with van der Waals surface area (Å²) in [5, 5.41) is 0. The summed E-state index contributed by atoms with van der Waals surface area (Å²) < 4.78 is 7.74. The number of benzene rings is 2. The van der Waals surface area contributed by atoms with Gasteiger partial charge in [-0.15, -0.1) is 0 Å². The van der Waals surface area contributed by atoms with Crippen LogP contribution in [0, 0.1) is 0 Å². The van der Waals surface area contributed by atoms with Crippen LogP contribution in [0.1, 0.15) is 24.1 Å². The van der Waals surface area contributed by atoms with Crippen LogP contribution in [-0.4, -0.2) is 11.7 Å². The average Bonchev–Trinajstić information content (AvgIpc) is 3.02. The summed E-state index contributed by atoms with van der Waals surface area (Å²) in [6, 6.07) is 21.5. The highest BCUT2D eigenvalue weighted by molar-refractivity contribution is 5.66. The van der Waals surface area contributed by atoms with Crippen molar-refractivity contribution < 1.29 is 4.74 Å². The Bertz CT molecular complexity index is 800. The SMILES string of the molecule is COc1ccc(-n2c(-c3ccccc3)cc3c2CCCC3)cc1. The summed E-state index contributed by atoms with van der Waals surface area (Å²) in [6.45, 7) is 0. The van der Waals surface area contributed by atoms with E-state index in [1.807, 2.05) is 12.1 Å². The molecule has 0 saturated carbocycles. The van der Waals surface area contributed by atoms with E-state index in [9.17, 15) is 0 Å². The topological polar surface area (TPSA) is 14.2 Å². The van der Waals surface area contributed by atoms with Crippen LogP contribution in [-0.2, 0) is 12.8 Å². The molecule has 0 saturated heterocycles. The Morgan fingerprint density at radius 1 is 0.870 bits per heavy atom. The zero-order chi connectivity index (χ0) is 15.6. The minimum Gasteiger partial charge on any atom is -0.497 e. The van der Waals surface area contributed by atoms with Crippen LogP contribution >= 0.6 is 0 Å². The number of methoxy groups -OCH3 is 1. The van der Waals surface area contributed by atoms with Crippen molar-refractivity contribution in [1.82, 2.24) is 4.57 Å². The lowest BCUT2D eigenvalue weighted by atomic mass is 9.98. The van der Waals surface area contributed by atoms with Gasteiger partial charge in [0.15, 0.2) is 0 Å². The van der Waals surface area contributed by atoms with E-state index >= 15 is 0 Å². The number of hydrogen-bond acceptors (Lipinski definition) is 1. The maximum Gasteiger partial charge on any atom is 0.119 e. The van der Waals surface area contributed by atoms with Crippen LogP contribution < -0.4 is 4.74 Å². The van der Waals surface area contributed by atoms with Crippen molar-refractivity contribution in [2.24, 2.45) is 0 Å². The van der Waals surface area contributed by atoms with Crippen molar-refractivity contribution in [2.75, 3.05) is 7.11 Å². The number of nitrogens with zero attached hydrogens (tertiary/aromatic N) is 1. The third-order valence-electron chi connectivity index (χ3n) is 4.70. The number of aromatic nitrogens is 1. The van der Waals surface area contributed by atoms with E-state index in [1.165, 1.54) is 47.5 Å². The van der Waals surface area contributed by atoms with Gasteiger partial charge in [0.2, 0.25) is 0 Å². The van der Waals surface area contributed by atoms with E-state index in [0.717, 1.165) is 12.2 Å². The maximum atomic E-state index is 5.30. The maximum absolute atomic E-state index is 5.30. The highest BCUT2D eigenvalue weighted by atomic mass is 16.5. The molecule has 3 aromatic rings. The molecular formula is C21H21NO. The smallest absolute Gasteiger partial charge is 0.119 e. The molecular weight excluding hydrogens is 282 g/mol. The fraction of sp³-hybridized carbons (Fsp3) is 0.238. The Balaban J connectivity index is 1.90. The quantitative estimate of drug-likeness (QED) is 0.662. The highest BCUT2D eigenvalue weighted by Gasteiger charge is 2.20. The van der Waals surface area contributed by atoms with Gasteiger partial charge in [-0.05, 0) is 67.1 Å². The second kappa shape index (κ2) is 5.96. The molecule has 1 aliphatic rings. The normalized spacial score (nSPS) is 13.6. The van der Waals surface area contributed by atoms with Gasteiger partial charge in [0.1, 0.15) is 5.75 Å². The molecule has 2 heteroatoms. The lowest BCUT2D eigenvalue weighted by Crippen LogP contribution is -2.07. The Morgan fingerprint density at radius 3 is 2.35 bits per heavy atom. The first-order valence-electron chi connectivity index (χ1n) is 8.30. The van der Waals surface area contributed by atoms with Gasteiger partial charge in [-0.2, -0.15) is 0 Å². The summed E-state index contributed by atoms with van der Waals surface area (Å²) in [6.07, 6.45) is 4.93. The minimum atomic E-state index is 0.899. The standard InChI is InChI=1S/C21H21NO/c1-23-19-13-11-18(12-14-19)22-20-10-6-5-9-17(20)15-21(22)16-7-3-2-4-8-16/h2-4,7-8,11-15H,5-6,9-10H2,1H3. The number of aryl methyl sites for hydroxylation is 1. The van der Waals surface area contributed by atoms with Crippen LogP contribution in [0.2, 0.25) is 0 Å². The van der Waals surface area contributed by atoms with Crippen LogP contribution in [0.25, 0.3) is 16.9 Å². The molecule has 0 fully saturated rings. The van der Waals surface area contributed by atoms with Gasteiger partial charge in [-0.25, -0.2) is 0 Å². The zero-order valence-corrected chi connectivity index (χ0v) is 13.5. The zero-order valence-electron chi connectivity index (χ0n) is 13.5. The van der Waals surface area contributed by atoms with Crippen LogP contribution in [0.5, 0.6) is 5.75 Å². The Kier molecular flexibility index (Phi) is 3.66. The van der Waals surface area contributed by atoms with Gasteiger partial charge in [-0.1, -0.05) is 30.3 Å². The fourth-order valence-corrected chi connectivity index (χ4v) is 3.55. The second-order valence-electron chi connectivity index (χ2n) is 6.11. The largest absolute Gasteiger partial charge is 0.497 e. The Hall–Kier alpha value is -2.48. The lowest BCUT2D eigenvalue weighted by Gasteiger charge is -2.18. The molecule has 0 radical (unpaired) electrons. The summed E-state index contributed by atoms with van der Waals surface area (Å²) in [5.74, 6) is 0.899. The molecule has 0 amide bonds. The molecule has 0 aliphatic heterocycles. The lowest BCUT2D eigenvalue weighted by molar-refractivity contribution is 0.414. The molecule has 0 spiro atoms. The number of fused-ring (bicyclic) bond motifs is 1. The van der Waals surface area contributed by atoms with E-state index in [1.54, 1.807) is 7.11 Å². The molecule has 1 aromatic heterocycles. The van der Waals surface area contributed by atoms with Crippen molar-refractivity contribution in [1.29, 1.82) is 0 Å². The van der Waals surface area contributed by atoms with E-state index in [2.05, 4.69) is 53.1 Å². The number of hydrogen-bond donors (Lipinski definition) is 0. The molecule has 0 atom stereocenters. The van der Waals surface area contributed by atoms with Gasteiger partial charge < -0.3 is 9.30 Å². The van der Waals surface area contributed by atoms with Gasteiger partial charge in [-0.3, -0.25) is 0 Å². The van der Waals surface area contributed by atoms with Crippen molar-refractivity contribution in [3.63, 3.8) is 0 Å². The predicted octanol–water partition coefficient (Wildman–Crippen LogP) is 5.03. The number of ether oxygens (including phenoxy) is 1. The van der Waals surface area contributed by atoms with Crippen molar-refractivity contribution in [3.05, 3.63) is 71.9 Å². The van der Waals surface area contributed by atoms with Crippen molar-refractivity contribution in [3.8, 4) is 22.7 Å². The van der Waals surface area contributed by atoms with Crippen molar-refractivity contribution >= 4 is 0 Å². The summed E-state index contributed by atoms with van der Waals surface area (Å²) in [7, 11) is 1.71. The molecule has 116 valence electrons. The molecule has 2 aromatic carbocycles. The molecule has 0 unspecified atom stereocenters. The average molecular weight is 303 g/mol. The van der Waals surface area contributed by atoms with Crippen LogP contribution in [0.4, 0.5) is 0 Å². The van der Waals surface area contributed by atoms with Gasteiger partial charge in [0, 0.05) is 11.4 Å². The molecule has 1 aliphatic carbocycles. The predicted molar refractivity (Wildman–Crippen MR) is 94.4 cm³/mol. The first-order valence-corrected chi connectivity index (χ1v) is 8.30.